The summed E-state index contributed by atoms with van der Waals surface area (Å²) in [7, 11) is 0. The molecule has 1 aliphatic heterocycles. The molecule has 0 bridgehead atoms. The fourth-order valence-electron chi connectivity index (χ4n) is 2.22. The molecule has 0 unspecified atom stereocenters. The molecule has 0 saturated heterocycles. The van der Waals surface area contributed by atoms with Crippen molar-refractivity contribution < 1.29 is 4.79 Å². The maximum Gasteiger partial charge on any atom is 0.242 e. The molecule has 0 atom stereocenters. The molecule has 1 amide bonds. The van der Waals surface area contributed by atoms with Gasteiger partial charge in [0.05, 0.1) is 6.54 Å². The van der Waals surface area contributed by atoms with Crippen molar-refractivity contribution in [1.29, 1.82) is 5.26 Å². The number of thiophene rings is 1. The van der Waals surface area contributed by atoms with Crippen LogP contribution in [0.4, 0.5) is 5.00 Å². The molecule has 0 aromatic carbocycles. The first-order valence-electron chi connectivity index (χ1n) is 6.31. The number of amides is 1. The van der Waals surface area contributed by atoms with Gasteiger partial charge in [0.15, 0.2) is 5.15 Å². The molecule has 0 radical (unpaired) electrons. The summed E-state index contributed by atoms with van der Waals surface area (Å²) in [5.74, 6) is 0.0141. The summed E-state index contributed by atoms with van der Waals surface area (Å²) in [5.41, 5.74) is 1.53. The number of nitriles is 1. The maximum absolute atomic E-state index is 12.2. The van der Waals surface area contributed by atoms with E-state index in [0.717, 1.165) is 24.5 Å². The van der Waals surface area contributed by atoms with E-state index in [-0.39, 0.29) is 17.6 Å². The molecule has 0 spiro atoms. The summed E-state index contributed by atoms with van der Waals surface area (Å²) in [6.45, 7) is 1.54. The summed E-state index contributed by atoms with van der Waals surface area (Å²) in [4.78, 5) is 15.4. The van der Waals surface area contributed by atoms with E-state index in [1.807, 2.05) is 11.0 Å². The van der Waals surface area contributed by atoms with E-state index in [9.17, 15) is 4.79 Å². The summed E-state index contributed by atoms with van der Waals surface area (Å²) >= 11 is 8.64. The predicted molar refractivity (Wildman–Crippen MR) is 83.8 cm³/mol. The summed E-state index contributed by atoms with van der Waals surface area (Å²) in [6.07, 6.45) is 0.911. The van der Waals surface area contributed by atoms with E-state index in [4.69, 9.17) is 16.9 Å². The standard InChI is InChI=1S/C13H11ClN4OS2/c14-12-9(5-15)13(21-17-12)16-6-11(19)18-3-1-10-8(7-18)2-4-20-10/h2,4,16H,1,3,6-7H2. The zero-order valence-electron chi connectivity index (χ0n) is 10.9. The van der Waals surface area contributed by atoms with Crippen LogP contribution < -0.4 is 5.32 Å². The van der Waals surface area contributed by atoms with Crippen molar-refractivity contribution in [3.63, 3.8) is 0 Å². The van der Waals surface area contributed by atoms with Crippen molar-refractivity contribution in [2.24, 2.45) is 0 Å². The zero-order chi connectivity index (χ0) is 14.8. The normalized spacial score (nSPS) is 13.6. The maximum atomic E-state index is 12.2. The molecule has 0 aliphatic carbocycles. The second-order valence-corrected chi connectivity index (χ2v) is 6.71. The third-order valence-electron chi connectivity index (χ3n) is 3.32. The number of aromatic nitrogens is 1. The van der Waals surface area contributed by atoms with E-state index in [0.29, 0.717) is 17.1 Å². The average Bonchev–Trinajstić information content (AvgIpc) is 3.09. The molecule has 1 N–H and O–H groups in total. The number of anilines is 1. The van der Waals surface area contributed by atoms with Crippen molar-refractivity contribution in [3.05, 3.63) is 32.6 Å². The van der Waals surface area contributed by atoms with Crippen molar-refractivity contribution in [2.45, 2.75) is 13.0 Å². The van der Waals surface area contributed by atoms with Crippen LogP contribution in [0.15, 0.2) is 11.4 Å². The number of hydrogen-bond donors (Lipinski definition) is 1. The minimum atomic E-state index is 0.0141. The summed E-state index contributed by atoms with van der Waals surface area (Å²) in [5, 5.41) is 14.7. The van der Waals surface area contributed by atoms with E-state index in [1.54, 1.807) is 11.3 Å². The number of nitrogens with one attached hydrogen (secondary N) is 1. The molecule has 0 saturated carbocycles. The second-order valence-electron chi connectivity index (χ2n) is 4.58. The van der Waals surface area contributed by atoms with Gasteiger partial charge in [-0.3, -0.25) is 4.79 Å². The Morgan fingerprint density at radius 2 is 2.48 bits per heavy atom. The molecule has 1 aliphatic rings. The lowest BCUT2D eigenvalue weighted by molar-refractivity contribution is -0.130. The van der Waals surface area contributed by atoms with Crippen molar-refractivity contribution in [3.8, 4) is 6.07 Å². The third kappa shape index (κ3) is 2.88. The highest BCUT2D eigenvalue weighted by atomic mass is 35.5. The van der Waals surface area contributed by atoms with Gasteiger partial charge in [-0.15, -0.1) is 11.3 Å². The van der Waals surface area contributed by atoms with Crippen LogP contribution in [-0.4, -0.2) is 28.3 Å². The smallest absolute Gasteiger partial charge is 0.242 e. The summed E-state index contributed by atoms with van der Waals surface area (Å²) in [6, 6.07) is 4.06. The van der Waals surface area contributed by atoms with Gasteiger partial charge >= 0.3 is 0 Å². The van der Waals surface area contributed by atoms with Gasteiger partial charge in [0.1, 0.15) is 16.6 Å². The lowest BCUT2D eigenvalue weighted by atomic mass is 10.1. The number of carbonyl (C=O) groups excluding carboxylic acids is 1. The number of halogens is 1. The molecule has 3 rings (SSSR count). The Bertz CT molecular complexity index is 718. The van der Waals surface area contributed by atoms with Crippen molar-refractivity contribution >= 4 is 45.4 Å². The van der Waals surface area contributed by atoms with Gasteiger partial charge in [-0.05, 0) is 35.0 Å². The van der Waals surface area contributed by atoms with Crippen LogP contribution in [0.3, 0.4) is 0 Å². The number of fused-ring (bicyclic) bond motifs is 1. The quantitative estimate of drug-likeness (QED) is 0.934. The Labute approximate surface area is 134 Å². The van der Waals surface area contributed by atoms with E-state index < -0.39 is 0 Å². The average molecular weight is 339 g/mol. The van der Waals surface area contributed by atoms with Gasteiger partial charge in [-0.25, -0.2) is 0 Å². The van der Waals surface area contributed by atoms with Crippen LogP contribution in [-0.2, 0) is 17.8 Å². The Morgan fingerprint density at radius 1 is 1.62 bits per heavy atom. The van der Waals surface area contributed by atoms with E-state index in [2.05, 4.69) is 21.1 Å². The van der Waals surface area contributed by atoms with Crippen LogP contribution in [0.5, 0.6) is 0 Å². The largest absolute Gasteiger partial charge is 0.365 e. The monoisotopic (exact) mass is 338 g/mol. The van der Waals surface area contributed by atoms with Gasteiger partial charge in [-0.1, -0.05) is 11.6 Å². The SMILES string of the molecule is N#Cc1c(Cl)nsc1NCC(=O)N1CCc2sccc2C1. The second kappa shape index (κ2) is 6.02. The molecule has 2 aromatic rings. The molecule has 108 valence electrons. The van der Waals surface area contributed by atoms with E-state index in [1.165, 1.54) is 10.4 Å². The van der Waals surface area contributed by atoms with Crippen LogP contribution in [0, 0.1) is 11.3 Å². The van der Waals surface area contributed by atoms with Gasteiger partial charge in [0.25, 0.3) is 0 Å². The number of nitrogens with zero attached hydrogens (tertiary/aromatic N) is 3. The van der Waals surface area contributed by atoms with Crippen LogP contribution in [0.2, 0.25) is 5.15 Å². The Morgan fingerprint density at radius 3 is 3.29 bits per heavy atom. The molecule has 0 fully saturated rings. The minimum absolute atomic E-state index is 0.0141. The third-order valence-corrected chi connectivity index (χ3v) is 5.52. The highest BCUT2D eigenvalue weighted by Crippen LogP contribution is 2.27. The lowest BCUT2D eigenvalue weighted by Crippen LogP contribution is -2.38. The Balaban J connectivity index is 1.61. The first-order valence-corrected chi connectivity index (χ1v) is 8.34. The minimum Gasteiger partial charge on any atom is -0.365 e. The Hall–Kier alpha value is -1.62. The van der Waals surface area contributed by atoms with Crippen molar-refractivity contribution in [2.75, 3.05) is 18.4 Å². The predicted octanol–water partition coefficient (Wildman–Crippen LogP) is 2.73. The highest BCUT2D eigenvalue weighted by molar-refractivity contribution is 7.11. The molecular formula is C13H11ClN4OS2. The van der Waals surface area contributed by atoms with Gasteiger partial charge < -0.3 is 10.2 Å². The lowest BCUT2D eigenvalue weighted by Gasteiger charge is -2.27. The Kier molecular flexibility index (Phi) is 4.10. The first-order chi connectivity index (χ1) is 10.2. The van der Waals surface area contributed by atoms with Crippen LogP contribution in [0.1, 0.15) is 16.0 Å². The fraction of sp³-hybridized carbons (Fsp3) is 0.308. The zero-order valence-corrected chi connectivity index (χ0v) is 13.3. The van der Waals surface area contributed by atoms with Crippen LogP contribution in [0.25, 0.3) is 0 Å². The fourth-order valence-corrected chi connectivity index (χ4v) is 4.04. The first kappa shape index (κ1) is 14.3. The van der Waals surface area contributed by atoms with Crippen LogP contribution >= 0.6 is 34.5 Å². The van der Waals surface area contributed by atoms with Gasteiger partial charge in [0.2, 0.25) is 5.91 Å². The molecule has 5 nitrogen and oxygen atoms in total. The molecule has 8 heteroatoms. The molecule has 3 heterocycles. The number of rotatable bonds is 3. The number of hydrogen-bond acceptors (Lipinski definition) is 6. The molecule has 2 aromatic heterocycles. The van der Waals surface area contributed by atoms with E-state index >= 15 is 0 Å². The topological polar surface area (TPSA) is 69.0 Å². The highest BCUT2D eigenvalue weighted by Gasteiger charge is 2.21. The molecule has 21 heavy (non-hydrogen) atoms. The number of carbonyl (C=O) groups is 1. The van der Waals surface area contributed by atoms with Crippen molar-refractivity contribution in [1.82, 2.24) is 9.27 Å². The van der Waals surface area contributed by atoms with Gasteiger partial charge in [-0.2, -0.15) is 9.64 Å². The van der Waals surface area contributed by atoms with Gasteiger partial charge in [0, 0.05) is 18.0 Å². The molecular weight excluding hydrogens is 328 g/mol. The summed E-state index contributed by atoms with van der Waals surface area (Å²) < 4.78 is 3.90.